The van der Waals surface area contributed by atoms with Crippen molar-refractivity contribution in [1.29, 1.82) is 0 Å². The maximum Gasteiger partial charge on any atom is 0.161 e. The Kier molecular flexibility index (Phi) is 4.96. The molecule has 21 heavy (non-hydrogen) atoms. The lowest BCUT2D eigenvalue weighted by molar-refractivity contribution is 0.496. The van der Waals surface area contributed by atoms with Gasteiger partial charge in [-0.15, -0.1) is 0 Å². The molecule has 0 aliphatic rings. The highest BCUT2D eigenvalue weighted by Crippen LogP contribution is 2.34. The molecule has 2 aromatic rings. The van der Waals surface area contributed by atoms with Gasteiger partial charge in [0.1, 0.15) is 11.6 Å². The molecule has 1 N–H and O–H groups in total. The highest BCUT2D eigenvalue weighted by atomic mass is 35.5. The van der Waals surface area contributed by atoms with E-state index < -0.39 is 17.5 Å². The Bertz CT molecular complexity index is 678. The zero-order valence-electron chi connectivity index (χ0n) is 11.0. The quantitative estimate of drug-likeness (QED) is 0.768. The fourth-order valence-corrected chi connectivity index (χ4v) is 2.25. The third-order valence-electron chi connectivity index (χ3n) is 2.74. The molecule has 112 valence electrons. The molecule has 0 saturated carbocycles. The molecule has 0 spiro atoms. The van der Waals surface area contributed by atoms with Crippen molar-refractivity contribution in [3.05, 3.63) is 45.7 Å². The van der Waals surface area contributed by atoms with Gasteiger partial charge in [0.15, 0.2) is 11.6 Å². The van der Waals surface area contributed by atoms with Crippen LogP contribution in [0.1, 0.15) is 13.3 Å². The molecule has 1 aromatic heterocycles. The lowest BCUT2D eigenvalue weighted by Crippen LogP contribution is -2.04. The second kappa shape index (κ2) is 6.54. The van der Waals surface area contributed by atoms with Crippen LogP contribution in [-0.2, 0) is 0 Å². The minimum absolute atomic E-state index is 0.00364. The molecule has 0 bridgehead atoms. The van der Waals surface area contributed by atoms with Gasteiger partial charge in [0.2, 0.25) is 0 Å². The Labute approximate surface area is 129 Å². The highest BCUT2D eigenvalue weighted by molar-refractivity contribution is 6.37. The third kappa shape index (κ3) is 3.41. The predicted molar refractivity (Wildman–Crippen MR) is 78.3 cm³/mol. The molecule has 0 unspecified atom stereocenters. The van der Waals surface area contributed by atoms with E-state index in [1.54, 1.807) is 0 Å². The summed E-state index contributed by atoms with van der Waals surface area (Å²) in [6.45, 7) is 2.56. The number of nitrogens with zero attached hydrogens (tertiary/aromatic N) is 1. The summed E-state index contributed by atoms with van der Waals surface area (Å²) in [5.74, 6) is -3.10. The Morgan fingerprint density at radius 1 is 1.00 bits per heavy atom. The molecule has 0 amide bonds. The van der Waals surface area contributed by atoms with Crippen LogP contribution < -0.4 is 5.32 Å². The summed E-state index contributed by atoms with van der Waals surface area (Å²) in [5.41, 5.74) is -0.230. The van der Waals surface area contributed by atoms with E-state index in [4.69, 9.17) is 23.2 Å². The Hall–Kier alpha value is -1.46. The number of rotatable bonds is 4. The number of hydrogen-bond acceptors (Lipinski definition) is 2. The van der Waals surface area contributed by atoms with Crippen molar-refractivity contribution in [2.75, 3.05) is 11.9 Å². The second-order valence-corrected chi connectivity index (χ2v) is 5.14. The summed E-state index contributed by atoms with van der Waals surface area (Å²) in [5, 5.41) is 3.27. The molecule has 0 saturated heterocycles. The van der Waals surface area contributed by atoms with Gasteiger partial charge < -0.3 is 5.32 Å². The summed E-state index contributed by atoms with van der Waals surface area (Å²) < 4.78 is 40.1. The Morgan fingerprint density at radius 3 is 2.33 bits per heavy atom. The van der Waals surface area contributed by atoms with Crippen molar-refractivity contribution >= 4 is 29.0 Å². The van der Waals surface area contributed by atoms with Crippen molar-refractivity contribution in [3.63, 3.8) is 0 Å². The summed E-state index contributed by atoms with van der Waals surface area (Å²) in [7, 11) is 0. The highest BCUT2D eigenvalue weighted by Gasteiger charge is 2.17. The van der Waals surface area contributed by atoms with Crippen molar-refractivity contribution < 1.29 is 13.2 Å². The van der Waals surface area contributed by atoms with E-state index in [0.717, 1.165) is 12.5 Å². The number of pyridine rings is 1. The molecule has 2 rings (SSSR count). The number of anilines is 1. The summed E-state index contributed by atoms with van der Waals surface area (Å²) >= 11 is 12.0. The molecule has 2 nitrogen and oxygen atoms in total. The number of hydrogen-bond donors (Lipinski definition) is 1. The van der Waals surface area contributed by atoms with Gasteiger partial charge in [-0.1, -0.05) is 30.1 Å². The number of nitrogens with one attached hydrogen (secondary N) is 1. The zero-order chi connectivity index (χ0) is 15.6. The van der Waals surface area contributed by atoms with E-state index in [1.165, 1.54) is 6.07 Å². The standard InChI is InChI=1S/C14H11Cl2F3N2/c1-2-3-20-14-9(16)5-8(15)13(21-14)7-4-11(18)12(19)6-10(7)17/h4-6H,2-3H2,1H3,(H,20,21). The van der Waals surface area contributed by atoms with E-state index in [0.29, 0.717) is 18.4 Å². The van der Waals surface area contributed by atoms with Crippen LogP contribution in [0, 0.1) is 17.5 Å². The van der Waals surface area contributed by atoms with E-state index in [9.17, 15) is 13.2 Å². The van der Waals surface area contributed by atoms with Gasteiger partial charge in [-0.25, -0.2) is 18.2 Å². The largest absolute Gasteiger partial charge is 0.369 e. The Balaban J connectivity index is 2.55. The molecule has 7 heteroatoms. The van der Waals surface area contributed by atoms with E-state index in [2.05, 4.69) is 10.3 Å². The molecule has 0 fully saturated rings. The average Bonchev–Trinajstić information content (AvgIpc) is 2.42. The third-order valence-corrected chi connectivity index (χ3v) is 3.31. The molecule has 0 atom stereocenters. The monoisotopic (exact) mass is 334 g/mol. The van der Waals surface area contributed by atoms with Crippen molar-refractivity contribution in [2.24, 2.45) is 0 Å². The molecule has 0 aliphatic carbocycles. The van der Waals surface area contributed by atoms with Crippen LogP contribution in [0.5, 0.6) is 0 Å². The van der Waals surface area contributed by atoms with Gasteiger partial charge in [-0.3, -0.25) is 0 Å². The van der Waals surface area contributed by atoms with Crippen LogP contribution in [0.2, 0.25) is 10.0 Å². The number of aromatic nitrogens is 1. The Morgan fingerprint density at radius 2 is 1.67 bits per heavy atom. The van der Waals surface area contributed by atoms with Crippen LogP contribution >= 0.6 is 23.2 Å². The van der Waals surface area contributed by atoms with Crippen molar-refractivity contribution in [1.82, 2.24) is 4.98 Å². The smallest absolute Gasteiger partial charge is 0.161 e. The first-order valence-electron chi connectivity index (χ1n) is 6.18. The minimum Gasteiger partial charge on any atom is -0.369 e. The van der Waals surface area contributed by atoms with E-state index in [-0.39, 0.29) is 21.3 Å². The van der Waals surface area contributed by atoms with Gasteiger partial charge in [0, 0.05) is 18.2 Å². The van der Waals surface area contributed by atoms with Crippen molar-refractivity contribution in [3.8, 4) is 11.3 Å². The lowest BCUT2D eigenvalue weighted by Gasteiger charge is -2.11. The first kappa shape index (κ1) is 15.9. The van der Waals surface area contributed by atoms with E-state index in [1.807, 2.05) is 6.92 Å². The average molecular weight is 335 g/mol. The van der Waals surface area contributed by atoms with Crippen molar-refractivity contribution in [2.45, 2.75) is 13.3 Å². The molecule has 1 aromatic carbocycles. The van der Waals surface area contributed by atoms with Crippen LogP contribution in [0.3, 0.4) is 0 Å². The van der Waals surface area contributed by atoms with Gasteiger partial charge in [-0.05, 0) is 18.6 Å². The molecule has 0 radical (unpaired) electrons. The van der Waals surface area contributed by atoms with Gasteiger partial charge >= 0.3 is 0 Å². The fourth-order valence-electron chi connectivity index (χ4n) is 1.73. The summed E-state index contributed by atoms with van der Waals surface area (Å²) in [6, 6.07) is 2.55. The number of halogens is 5. The molecule has 0 aliphatic heterocycles. The van der Waals surface area contributed by atoms with E-state index >= 15 is 0 Å². The first-order valence-corrected chi connectivity index (χ1v) is 6.94. The number of benzene rings is 1. The molecule has 1 heterocycles. The SMILES string of the molecule is CCCNc1nc(-c2cc(F)c(F)cc2F)c(Cl)cc1Cl. The van der Waals surface area contributed by atoms with Gasteiger partial charge in [0.25, 0.3) is 0 Å². The van der Waals surface area contributed by atoms with Crippen LogP contribution in [0.4, 0.5) is 19.0 Å². The molecular weight excluding hydrogens is 324 g/mol. The maximum atomic E-state index is 13.8. The van der Waals surface area contributed by atoms with Crippen LogP contribution in [0.15, 0.2) is 18.2 Å². The first-order chi connectivity index (χ1) is 9.93. The van der Waals surface area contributed by atoms with Gasteiger partial charge in [0.05, 0.1) is 15.7 Å². The van der Waals surface area contributed by atoms with Crippen LogP contribution in [-0.4, -0.2) is 11.5 Å². The summed E-state index contributed by atoms with van der Waals surface area (Å²) in [4.78, 5) is 4.11. The second-order valence-electron chi connectivity index (χ2n) is 4.32. The predicted octanol–water partition coefficient (Wildman–Crippen LogP) is 5.29. The maximum absolute atomic E-state index is 13.8. The normalized spacial score (nSPS) is 10.8. The zero-order valence-corrected chi connectivity index (χ0v) is 12.5. The van der Waals surface area contributed by atoms with Crippen LogP contribution in [0.25, 0.3) is 11.3 Å². The summed E-state index contributed by atoms with van der Waals surface area (Å²) in [6.07, 6.45) is 0.829. The van der Waals surface area contributed by atoms with Gasteiger partial charge in [-0.2, -0.15) is 0 Å². The lowest BCUT2D eigenvalue weighted by atomic mass is 10.1. The topological polar surface area (TPSA) is 24.9 Å². The minimum atomic E-state index is -1.27. The molecular formula is C14H11Cl2F3N2. The fraction of sp³-hybridized carbons (Fsp3) is 0.214.